The Balaban J connectivity index is 1.43. The monoisotopic (exact) mass is 420 g/mol. The van der Waals surface area contributed by atoms with Crippen LogP contribution in [0.1, 0.15) is 66.7 Å². The van der Waals surface area contributed by atoms with Gasteiger partial charge in [-0.25, -0.2) is 0 Å². The zero-order valence-corrected chi connectivity index (χ0v) is 17.3. The van der Waals surface area contributed by atoms with Crippen molar-refractivity contribution < 1.29 is 18.8 Å². The molecule has 0 radical (unpaired) electrons. The molecule has 3 aromatic rings. The number of hydrogen-bond donors (Lipinski definition) is 0. The Morgan fingerprint density at radius 3 is 2.77 bits per heavy atom. The maximum atomic E-state index is 13.3. The van der Waals surface area contributed by atoms with E-state index in [1.165, 1.54) is 16.7 Å². The highest BCUT2D eigenvalue weighted by Crippen LogP contribution is 2.36. The fourth-order valence-electron chi connectivity index (χ4n) is 4.37. The number of nitrogens with zero attached hydrogens (tertiary/aromatic N) is 2. The van der Waals surface area contributed by atoms with Crippen molar-refractivity contribution in [1.29, 1.82) is 0 Å². The van der Waals surface area contributed by atoms with Crippen LogP contribution < -0.4 is 0 Å². The van der Waals surface area contributed by atoms with Gasteiger partial charge < -0.3 is 9.32 Å². The van der Waals surface area contributed by atoms with Crippen LogP contribution in [0.3, 0.4) is 0 Å². The van der Waals surface area contributed by atoms with Crippen molar-refractivity contribution in [2.24, 2.45) is 0 Å². The predicted octanol–water partition coefficient (Wildman–Crippen LogP) is 4.29. The van der Waals surface area contributed by atoms with Gasteiger partial charge in [-0.05, 0) is 60.2 Å². The van der Waals surface area contributed by atoms with Crippen LogP contribution in [0.2, 0.25) is 0 Å². The normalized spacial score (nSPS) is 18.0. The summed E-state index contributed by atoms with van der Waals surface area (Å²) in [6.07, 6.45) is 3.18. The second kappa shape index (κ2) is 7.25. The van der Waals surface area contributed by atoms with Gasteiger partial charge in [0.2, 0.25) is 0 Å². The van der Waals surface area contributed by atoms with E-state index in [4.69, 9.17) is 4.42 Å². The summed E-state index contributed by atoms with van der Waals surface area (Å²) in [7, 11) is 0. The molecule has 0 unspecified atom stereocenters. The first kappa shape index (κ1) is 18.8. The molecule has 0 aliphatic carbocycles. The van der Waals surface area contributed by atoms with Gasteiger partial charge in [0.25, 0.3) is 17.7 Å². The zero-order valence-electron chi connectivity index (χ0n) is 16.5. The molecule has 2 aliphatic heterocycles. The molecule has 0 saturated carbocycles. The number of amides is 3. The smallest absolute Gasteiger partial charge is 0.261 e. The van der Waals surface area contributed by atoms with Crippen LogP contribution in [-0.4, -0.2) is 34.1 Å². The van der Waals surface area contributed by atoms with Crippen LogP contribution in [0.4, 0.5) is 0 Å². The first-order chi connectivity index (χ1) is 14.6. The molecular formula is C23H20N2O4S. The molecule has 0 saturated heterocycles. The molecule has 7 heteroatoms. The van der Waals surface area contributed by atoms with E-state index in [0.717, 1.165) is 17.7 Å². The van der Waals surface area contributed by atoms with Crippen molar-refractivity contribution in [3.05, 3.63) is 80.9 Å². The molecule has 152 valence electrons. The minimum absolute atomic E-state index is 0.0357. The standard InChI is InChI=1S/C23H20N2O4S/c1-2-19-17-8-11-30-20(17)7-9-24(19)21(26)14-5-6-16-18(12-14)23(28)25(22(16)27)13-15-4-3-10-29-15/h3-6,8,10-12,19H,2,7,9,13H2,1H3/t19-/m1/s1. The Morgan fingerprint density at radius 1 is 1.17 bits per heavy atom. The average molecular weight is 420 g/mol. The fraction of sp³-hybridized carbons (Fsp3) is 0.261. The molecule has 0 N–H and O–H groups in total. The number of carbonyl (C=O) groups is 3. The summed E-state index contributed by atoms with van der Waals surface area (Å²) in [6, 6.07) is 10.4. The van der Waals surface area contributed by atoms with Gasteiger partial charge in [0.05, 0.1) is 30.0 Å². The minimum Gasteiger partial charge on any atom is -0.467 e. The molecule has 1 aromatic carbocycles. The average Bonchev–Trinajstić information content (AvgIpc) is 3.50. The molecule has 1 atom stereocenters. The second-order valence-electron chi connectivity index (χ2n) is 7.51. The lowest BCUT2D eigenvalue weighted by molar-refractivity contribution is 0.0630. The molecule has 0 bridgehead atoms. The van der Waals surface area contributed by atoms with Gasteiger partial charge in [-0.2, -0.15) is 0 Å². The summed E-state index contributed by atoms with van der Waals surface area (Å²) in [5.41, 5.74) is 2.26. The third-order valence-electron chi connectivity index (χ3n) is 5.85. The number of furan rings is 1. The van der Waals surface area contributed by atoms with Gasteiger partial charge in [-0.1, -0.05) is 6.92 Å². The highest BCUT2D eigenvalue weighted by atomic mass is 32.1. The molecule has 5 rings (SSSR count). The summed E-state index contributed by atoms with van der Waals surface area (Å²) >= 11 is 1.74. The lowest BCUT2D eigenvalue weighted by Crippen LogP contribution is -2.39. The Morgan fingerprint density at radius 2 is 2.00 bits per heavy atom. The lowest BCUT2D eigenvalue weighted by Gasteiger charge is -2.35. The maximum absolute atomic E-state index is 13.3. The molecular weight excluding hydrogens is 400 g/mol. The number of carbonyl (C=O) groups excluding carboxylic acids is 3. The molecule has 2 aliphatic rings. The Labute approximate surface area is 177 Å². The van der Waals surface area contributed by atoms with Crippen molar-refractivity contribution in [3.63, 3.8) is 0 Å². The van der Waals surface area contributed by atoms with E-state index in [9.17, 15) is 14.4 Å². The van der Waals surface area contributed by atoms with Gasteiger partial charge >= 0.3 is 0 Å². The van der Waals surface area contributed by atoms with E-state index in [1.54, 1.807) is 41.7 Å². The minimum atomic E-state index is -0.396. The van der Waals surface area contributed by atoms with Gasteiger partial charge in [0.1, 0.15) is 5.76 Å². The molecule has 2 aromatic heterocycles. The molecule has 30 heavy (non-hydrogen) atoms. The largest absolute Gasteiger partial charge is 0.467 e. The quantitative estimate of drug-likeness (QED) is 0.591. The predicted molar refractivity (Wildman–Crippen MR) is 111 cm³/mol. The van der Waals surface area contributed by atoms with Crippen molar-refractivity contribution in [1.82, 2.24) is 9.80 Å². The van der Waals surface area contributed by atoms with Gasteiger partial charge in [-0.3, -0.25) is 19.3 Å². The summed E-state index contributed by atoms with van der Waals surface area (Å²) in [4.78, 5) is 43.3. The summed E-state index contributed by atoms with van der Waals surface area (Å²) in [5.74, 6) is -0.331. The third kappa shape index (κ3) is 2.89. The van der Waals surface area contributed by atoms with E-state index in [0.29, 0.717) is 23.4 Å². The van der Waals surface area contributed by atoms with Crippen molar-refractivity contribution in [2.75, 3.05) is 6.54 Å². The van der Waals surface area contributed by atoms with Crippen molar-refractivity contribution >= 4 is 29.1 Å². The van der Waals surface area contributed by atoms with Crippen LogP contribution in [-0.2, 0) is 13.0 Å². The molecule has 6 nitrogen and oxygen atoms in total. The molecule has 3 amide bonds. The van der Waals surface area contributed by atoms with E-state index in [-0.39, 0.29) is 30.0 Å². The lowest BCUT2D eigenvalue weighted by atomic mass is 9.96. The van der Waals surface area contributed by atoms with Gasteiger partial charge in [0.15, 0.2) is 0 Å². The number of fused-ring (bicyclic) bond motifs is 2. The zero-order chi connectivity index (χ0) is 20.8. The molecule has 0 fully saturated rings. The summed E-state index contributed by atoms with van der Waals surface area (Å²) in [5, 5.41) is 2.08. The molecule has 4 heterocycles. The number of hydrogen-bond acceptors (Lipinski definition) is 5. The number of benzene rings is 1. The van der Waals surface area contributed by atoms with Crippen molar-refractivity contribution in [2.45, 2.75) is 32.4 Å². The van der Waals surface area contributed by atoms with E-state index in [2.05, 4.69) is 18.4 Å². The Bertz CT molecular complexity index is 1150. The first-order valence-electron chi connectivity index (χ1n) is 9.98. The Hall–Kier alpha value is -3.19. The van der Waals surface area contributed by atoms with Gasteiger partial charge in [-0.15, -0.1) is 11.3 Å². The number of imide groups is 1. The topological polar surface area (TPSA) is 70.8 Å². The fourth-order valence-corrected chi connectivity index (χ4v) is 5.30. The van der Waals surface area contributed by atoms with E-state index < -0.39 is 5.91 Å². The highest BCUT2D eigenvalue weighted by molar-refractivity contribution is 7.10. The highest BCUT2D eigenvalue weighted by Gasteiger charge is 2.37. The molecule has 0 spiro atoms. The van der Waals surface area contributed by atoms with Crippen LogP contribution >= 0.6 is 11.3 Å². The van der Waals surface area contributed by atoms with Crippen LogP contribution in [0.5, 0.6) is 0 Å². The SMILES string of the molecule is CC[C@@H]1c2ccsc2CCN1C(=O)c1ccc2c(c1)C(=O)N(Cc1ccco1)C2=O. The van der Waals surface area contributed by atoms with Crippen LogP contribution in [0, 0.1) is 0 Å². The summed E-state index contributed by atoms with van der Waals surface area (Å²) < 4.78 is 5.27. The number of thiophene rings is 1. The van der Waals surface area contributed by atoms with Crippen molar-refractivity contribution in [3.8, 4) is 0 Å². The Kier molecular flexibility index (Phi) is 4.55. The first-order valence-corrected chi connectivity index (χ1v) is 10.9. The second-order valence-corrected chi connectivity index (χ2v) is 8.51. The third-order valence-corrected chi connectivity index (χ3v) is 6.85. The van der Waals surface area contributed by atoms with Crippen LogP contribution in [0.25, 0.3) is 0 Å². The number of rotatable bonds is 4. The van der Waals surface area contributed by atoms with Gasteiger partial charge in [0, 0.05) is 17.0 Å². The maximum Gasteiger partial charge on any atom is 0.261 e. The van der Waals surface area contributed by atoms with E-state index >= 15 is 0 Å². The van der Waals surface area contributed by atoms with Crippen LogP contribution in [0.15, 0.2) is 52.5 Å². The summed E-state index contributed by atoms with van der Waals surface area (Å²) in [6.45, 7) is 2.81. The van der Waals surface area contributed by atoms with E-state index in [1.807, 2.05) is 4.90 Å².